The van der Waals surface area contributed by atoms with Crippen LogP contribution in [0.15, 0.2) is 18.2 Å². The number of aryl methyl sites for hydroxylation is 2. The number of hydrogen-bond acceptors (Lipinski definition) is 1. The average molecular weight is 247 g/mol. The van der Waals surface area contributed by atoms with E-state index in [-0.39, 0.29) is 11.9 Å². The third kappa shape index (κ3) is 4.17. The summed E-state index contributed by atoms with van der Waals surface area (Å²) in [5.74, 6) is 0.653. The molecule has 1 amide bonds. The molecule has 0 aliphatic carbocycles. The first-order valence-electron chi connectivity index (χ1n) is 6.82. The first-order valence-corrected chi connectivity index (χ1v) is 6.82. The summed E-state index contributed by atoms with van der Waals surface area (Å²) >= 11 is 0. The van der Waals surface area contributed by atoms with E-state index in [9.17, 15) is 4.79 Å². The van der Waals surface area contributed by atoms with Crippen LogP contribution in [0.25, 0.3) is 0 Å². The van der Waals surface area contributed by atoms with Crippen LogP contribution in [-0.4, -0.2) is 11.9 Å². The van der Waals surface area contributed by atoms with Crippen LogP contribution >= 0.6 is 0 Å². The lowest BCUT2D eigenvalue weighted by Gasteiger charge is -2.19. The summed E-state index contributed by atoms with van der Waals surface area (Å²) in [4.78, 5) is 12.1. The summed E-state index contributed by atoms with van der Waals surface area (Å²) in [7, 11) is 0. The normalized spacial score (nSPS) is 12.6. The van der Waals surface area contributed by atoms with Gasteiger partial charge in [-0.05, 0) is 55.9 Å². The Kier molecular flexibility index (Phi) is 5.39. The molecule has 0 aromatic heterocycles. The quantitative estimate of drug-likeness (QED) is 0.841. The fourth-order valence-corrected chi connectivity index (χ4v) is 2.05. The highest BCUT2D eigenvalue weighted by molar-refractivity contribution is 5.94. The van der Waals surface area contributed by atoms with Crippen molar-refractivity contribution in [1.29, 1.82) is 0 Å². The van der Waals surface area contributed by atoms with Gasteiger partial charge in [-0.25, -0.2) is 0 Å². The third-order valence-electron chi connectivity index (χ3n) is 3.35. The monoisotopic (exact) mass is 247 g/mol. The minimum absolute atomic E-state index is 0.0469. The molecule has 0 aliphatic rings. The van der Waals surface area contributed by atoms with Gasteiger partial charge < -0.3 is 5.32 Å². The van der Waals surface area contributed by atoms with Crippen LogP contribution in [0.3, 0.4) is 0 Å². The zero-order valence-corrected chi connectivity index (χ0v) is 12.2. The van der Waals surface area contributed by atoms with Gasteiger partial charge in [-0.15, -0.1) is 0 Å². The van der Waals surface area contributed by atoms with E-state index >= 15 is 0 Å². The van der Waals surface area contributed by atoms with E-state index in [0.29, 0.717) is 5.92 Å². The molecule has 0 radical (unpaired) electrons. The van der Waals surface area contributed by atoms with E-state index in [2.05, 4.69) is 33.0 Å². The first-order chi connectivity index (χ1) is 8.43. The van der Waals surface area contributed by atoms with Crippen LogP contribution < -0.4 is 5.32 Å². The van der Waals surface area contributed by atoms with Gasteiger partial charge in [0.25, 0.3) is 5.91 Å². The average Bonchev–Trinajstić information content (AvgIpc) is 2.31. The van der Waals surface area contributed by atoms with Crippen molar-refractivity contribution >= 4 is 5.91 Å². The molecule has 0 spiro atoms. The second-order valence-corrected chi connectivity index (χ2v) is 5.51. The summed E-state index contributed by atoms with van der Waals surface area (Å²) in [6, 6.07) is 6.15. The van der Waals surface area contributed by atoms with Crippen molar-refractivity contribution in [3.63, 3.8) is 0 Å². The van der Waals surface area contributed by atoms with Crippen LogP contribution in [0.4, 0.5) is 0 Å². The lowest BCUT2D eigenvalue weighted by molar-refractivity contribution is 0.0931. The molecule has 1 aromatic carbocycles. The van der Waals surface area contributed by atoms with E-state index < -0.39 is 0 Å². The molecule has 0 heterocycles. The van der Waals surface area contributed by atoms with Gasteiger partial charge in [-0.2, -0.15) is 0 Å². The Morgan fingerprint density at radius 1 is 1.22 bits per heavy atom. The summed E-state index contributed by atoms with van der Waals surface area (Å²) in [5.41, 5.74) is 3.15. The molecular weight excluding hydrogens is 222 g/mol. The van der Waals surface area contributed by atoms with Gasteiger partial charge in [0.2, 0.25) is 0 Å². The molecule has 1 rings (SSSR count). The molecule has 0 saturated heterocycles. The van der Waals surface area contributed by atoms with Crippen molar-refractivity contribution in [3.8, 4) is 0 Å². The molecule has 1 unspecified atom stereocenters. The number of hydrogen-bond donors (Lipinski definition) is 1. The van der Waals surface area contributed by atoms with Gasteiger partial charge in [-0.1, -0.05) is 26.8 Å². The van der Waals surface area contributed by atoms with E-state index in [4.69, 9.17) is 0 Å². The molecule has 18 heavy (non-hydrogen) atoms. The van der Waals surface area contributed by atoms with Gasteiger partial charge in [0.05, 0.1) is 0 Å². The molecule has 2 heteroatoms. The highest BCUT2D eigenvalue weighted by atomic mass is 16.1. The molecule has 0 fully saturated rings. The topological polar surface area (TPSA) is 29.1 Å². The lowest BCUT2D eigenvalue weighted by Crippen LogP contribution is -2.35. The maximum Gasteiger partial charge on any atom is 0.251 e. The van der Waals surface area contributed by atoms with Gasteiger partial charge in [0.1, 0.15) is 0 Å². The van der Waals surface area contributed by atoms with Crippen molar-refractivity contribution in [1.82, 2.24) is 5.32 Å². The summed E-state index contributed by atoms with van der Waals surface area (Å²) in [5, 5.41) is 3.12. The summed E-state index contributed by atoms with van der Waals surface area (Å²) in [6.07, 6.45) is 2.02. The zero-order chi connectivity index (χ0) is 13.7. The van der Waals surface area contributed by atoms with Crippen LogP contribution in [-0.2, 0) is 0 Å². The van der Waals surface area contributed by atoms with Gasteiger partial charge >= 0.3 is 0 Å². The highest BCUT2D eigenvalue weighted by Gasteiger charge is 2.13. The fraction of sp³-hybridized carbons (Fsp3) is 0.562. The molecule has 2 nitrogen and oxygen atoms in total. The van der Waals surface area contributed by atoms with Crippen LogP contribution in [0.1, 0.15) is 55.1 Å². The molecular formula is C16H25NO. The molecule has 0 bridgehead atoms. The Balaban J connectivity index is 2.71. The Morgan fingerprint density at radius 3 is 2.39 bits per heavy atom. The van der Waals surface area contributed by atoms with E-state index in [1.807, 2.05) is 25.1 Å². The molecule has 1 atom stereocenters. The third-order valence-corrected chi connectivity index (χ3v) is 3.35. The Morgan fingerprint density at radius 2 is 1.89 bits per heavy atom. The number of carbonyl (C=O) groups is 1. The van der Waals surface area contributed by atoms with Crippen molar-refractivity contribution in [3.05, 3.63) is 34.9 Å². The molecule has 100 valence electrons. The Hall–Kier alpha value is -1.31. The Bertz CT molecular complexity index is 410. The molecule has 1 N–H and O–H groups in total. The van der Waals surface area contributed by atoms with Crippen LogP contribution in [0.2, 0.25) is 0 Å². The Labute approximate surface area is 111 Å². The van der Waals surface area contributed by atoms with Gasteiger partial charge in [0, 0.05) is 11.6 Å². The minimum atomic E-state index is 0.0469. The SMILES string of the molecule is CCC(CC(C)C)NC(=O)c1ccc(C)c(C)c1. The number of nitrogens with one attached hydrogen (secondary N) is 1. The molecule has 0 aliphatic heterocycles. The fourth-order valence-electron chi connectivity index (χ4n) is 2.05. The minimum Gasteiger partial charge on any atom is -0.349 e. The second-order valence-electron chi connectivity index (χ2n) is 5.51. The van der Waals surface area contributed by atoms with Crippen molar-refractivity contribution in [2.75, 3.05) is 0 Å². The smallest absolute Gasteiger partial charge is 0.251 e. The number of carbonyl (C=O) groups excluding carboxylic acids is 1. The van der Waals surface area contributed by atoms with Gasteiger partial charge in [-0.3, -0.25) is 4.79 Å². The maximum absolute atomic E-state index is 12.1. The van der Waals surface area contributed by atoms with E-state index in [1.54, 1.807) is 0 Å². The predicted octanol–water partition coefficient (Wildman–Crippen LogP) is 3.86. The lowest BCUT2D eigenvalue weighted by atomic mass is 10.0. The standard InChI is InChI=1S/C16H25NO/c1-6-15(9-11(2)3)17-16(18)14-8-7-12(4)13(5)10-14/h7-8,10-11,15H,6,9H2,1-5H3,(H,17,18). The molecule has 1 aromatic rings. The summed E-state index contributed by atoms with van der Waals surface area (Å²) < 4.78 is 0. The molecule has 0 saturated carbocycles. The number of rotatable bonds is 5. The van der Waals surface area contributed by atoms with Crippen LogP contribution in [0, 0.1) is 19.8 Å². The summed E-state index contributed by atoms with van der Waals surface area (Å²) in [6.45, 7) is 10.6. The van der Waals surface area contributed by atoms with Crippen molar-refractivity contribution in [2.24, 2.45) is 5.92 Å². The highest BCUT2D eigenvalue weighted by Crippen LogP contribution is 2.12. The van der Waals surface area contributed by atoms with Crippen molar-refractivity contribution < 1.29 is 4.79 Å². The number of benzene rings is 1. The van der Waals surface area contributed by atoms with E-state index in [1.165, 1.54) is 11.1 Å². The second kappa shape index (κ2) is 6.58. The first kappa shape index (κ1) is 14.7. The zero-order valence-electron chi connectivity index (χ0n) is 12.2. The maximum atomic E-state index is 12.1. The van der Waals surface area contributed by atoms with Crippen LogP contribution in [0.5, 0.6) is 0 Å². The largest absolute Gasteiger partial charge is 0.349 e. The predicted molar refractivity (Wildman–Crippen MR) is 76.9 cm³/mol. The van der Waals surface area contributed by atoms with Crippen molar-refractivity contribution in [2.45, 2.75) is 53.5 Å². The number of amides is 1. The van der Waals surface area contributed by atoms with Gasteiger partial charge in [0.15, 0.2) is 0 Å². The van der Waals surface area contributed by atoms with E-state index in [0.717, 1.165) is 18.4 Å².